The van der Waals surface area contributed by atoms with Crippen molar-refractivity contribution in [1.82, 2.24) is 0 Å². The van der Waals surface area contributed by atoms with Crippen molar-refractivity contribution in [3.8, 4) is 0 Å². The van der Waals surface area contributed by atoms with E-state index in [1.165, 1.54) is 38.5 Å². The van der Waals surface area contributed by atoms with Gasteiger partial charge >= 0.3 is 11.9 Å². The Kier molecular flexibility index (Phi) is 46.8. The van der Waals surface area contributed by atoms with E-state index >= 15 is 0 Å². The summed E-state index contributed by atoms with van der Waals surface area (Å²) >= 11 is 0. The van der Waals surface area contributed by atoms with Crippen molar-refractivity contribution >= 4 is 19.8 Å². The first-order chi connectivity index (χ1) is 33.5. The molecule has 0 spiro atoms. The molecule has 0 bridgehead atoms. The fourth-order valence-corrected chi connectivity index (χ4v) is 7.31. The lowest BCUT2D eigenvalue weighted by Crippen LogP contribution is -2.37. The van der Waals surface area contributed by atoms with Crippen LogP contribution in [0.2, 0.25) is 0 Å². The van der Waals surface area contributed by atoms with Crippen LogP contribution in [0.3, 0.4) is 0 Å². The molecule has 2 unspecified atom stereocenters. The molecule has 0 fully saturated rings. The Morgan fingerprint density at radius 3 is 1.26 bits per heavy atom. The van der Waals surface area contributed by atoms with E-state index in [2.05, 4.69) is 135 Å². The molecule has 0 aliphatic carbocycles. The number of nitrogens with zero attached hydrogens (tertiary/aromatic N) is 1. The number of ether oxygens (including phenoxy) is 2. The number of allylic oxidation sites excluding steroid dienone is 20. The molecule has 0 radical (unpaired) electrons. The molecule has 0 N–H and O–H groups in total. The van der Waals surface area contributed by atoms with Gasteiger partial charge in [0.1, 0.15) is 19.8 Å². The number of phosphoric acid groups is 1. The Morgan fingerprint density at radius 1 is 0.464 bits per heavy atom. The van der Waals surface area contributed by atoms with Gasteiger partial charge in [-0.05, 0) is 109 Å². The Hall–Kier alpha value is -3.59. The number of phosphoric ester groups is 1. The summed E-state index contributed by atoms with van der Waals surface area (Å²) < 4.78 is 34.0. The second-order valence-electron chi connectivity index (χ2n) is 18.5. The van der Waals surface area contributed by atoms with Gasteiger partial charge in [-0.25, -0.2) is 0 Å². The fraction of sp³-hybridized carbons (Fsp3) is 0.627. The standard InChI is InChI=1S/C59H98NO8P/c1-6-8-10-12-14-16-18-20-22-23-24-25-26-27-28-29-30-31-32-33-34-35-36-37-38-40-42-44-46-48-50-52-59(62)68-57(56-67-69(63,64)66-54-53-60(3,4)5)55-65-58(61)51-49-47-45-43-41-39-21-19-17-15-13-11-9-7-2/h8,10,14,16,19-22,24-25,27-28,30-31,33-34,36-37,40,42,57H,6-7,9,11-13,15,17-18,23,26,29,32,35,38-39,41,43-56H2,1-5H3/b10-8-,16-14-,21-19-,22-20-,25-24-,28-27-,31-30-,34-33-,37-36-,42-40-. The van der Waals surface area contributed by atoms with Crippen molar-refractivity contribution in [2.45, 2.75) is 193 Å². The van der Waals surface area contributed by atoms with Crippen LogP contribution in [0.5, 0.6) is 0 Å². The molecule has 392 valence electrons. The van der Waals surface area contributed by atoms with Crippen LogP contribution in [0.1, 0.15) is 187 Å². The van der Waals surface area contributed by atoms with Crippen molar-refractivity contribution in [3.05, 3.63) is 122 Å². The number of esters is 2. The first-order valence-electron chi connectivity index (χ1n) is 26.7. The predicted octanol–water partition coefficient (Wildman–Crippen LogP) is 15.8. The van der Waals surface area contributed by atoms with Gasteiger partial charge in [-0.1, -0.05) is 187 Å². The molecule has 0 heterocycles. The molecule has 69 heavy (non-hydrogen) atoms. The smallest absolute Gasteiger partial charge is 0.306 e. The summed E-state index contributed by atoms with van der Waals surface area (Å²) in [5.41, 5.74) is 0. The average Bonchev–Trinajstić information content (AvgIpc) is 3.31. The van der Waals surface area contributed by atoms with Crippen LogP contribution in [0.15, 0.2) is 122 Å². The van der Waals surface area contributed by atoms with Gasteiger partial charge in [0.25, 0.3) is 7.82 Å². The predicted molar refractivity (Wildman–Crippen MR) is 291 cm³/mol. The SMILES string of the molecule is CC/C=C\C/C=C\C/C=C\C/C=C\C/C=C\C/C=C\C/C=C\C/C=C\C/C=C\CCCCCC(=O)OC(COC(=O)CCCCCCC/C=C\CCCCCCC)COP(=O)([O-])OCC[N+](C)(C)C. The molecule has 10 heteroatoms. The summed E-state index contributed by atoms with van der Waals surface area (Å²) in [5.74, 6) is -0.893. The van der Waals surface area contributed by atoms with Crippen LogP contribution in [0.4, 0.5) is 0 Å². The van der Waals surface area contributed by atoms with Crippen LogP contribution >= 0.6 is 7.82 Å². The van der Waals surface area contributed by atoms with Gasteiger partial charge < -0.3 is 27.9 Å². The summed E-state index contributed by atoms with van der Waals surface area (Å²) in [5, 5.41) is 0. The zero-order chi connectivity index (χ0) is 50.6. The van der Waals surface area contributed by atoms with E-state index in [1.807, 2.05) is 21.1 Å². The monoisotopic (exact) mass is 980 g/mol. The number of carbonyl (C=O) groups excluding carboxylic acids is 2. The minimum absolute atomic E-state index is 0.0457. The van der Waals surface area contributed by atoms with Gasteiger partial charge in [0, 0.05) is 12.8 Å². The summed E-state index contributed by atoms with van der Waals surface area (Å²) in [4.78, 5) is 37.7. The van der Waals surface area contributed by atoms with Crippen LogP contribution < -0.4 is 4.89 Å². The van der Waals surface area contributed by atoms with Crippen molar-refractivity contribution in [2.24, 2.45) is 0 Å². The number of quaternary nitrogens is 1. The maximum atomic E-state index is 12.7. The third kappa shape index (κ3) is 53.6. The van der Waals surface area contributed by atoms with Gasteiger partial charge in [-0.15, -0.1) is 0 Å². The maximum Gasteiger partial charge on any atom is 0.306 e. The molecule has 2 atom stereocenters. The van der Waals surface area contributed by atoms with Crippen LogP contribution in [-0.4, -0.2) is 70.0 Å². The minimum atomic E-state index is -4.65. The fourth-order valence-electron chi connectivity index (χ4n) is 6.58. The second-order valence-corrected chi connectivity index (χ2v) is 19.9. The zero-order valence-electron chi connectivity index (χ0n) is 44.2. The molecule has 0 aromatic carbocycles. The molecule has 0 rings (SSSR count). The third-order valence-electron chi connectivity index (χ3n) is 10.7. The van der Waals surface area contributed by atoms with Crippen LogP contribution in [-0.2, 0) is 32.7 Å². The Morgan fingerprint density at radius 2 is 0.826 bits per heavy atom. The van der Waals surface area contributed by atoms with Crippen molar-refractivity contribution in [2.75, 3.05) is 47.5 Å². The summed E-state index contributed by atoms with van der Waals surface area (Å²) in [6.45, 7) is 4.04. The molecule has 0 saturated carbocycles. The first kappa shape index (κ1) is 65.4. The number of rotatable bonds is 47. The molecule has 0 aromatic rings. The van der Waals surface area contributed by atoms with Gasteiger partial charge in [-0.2, -0.15) is 0 Å². The highest BCUT2D eigenvalue weighted by Crippen LogP contribution is 2.38. The lowest BCUT2D eigenvalue weighted by Gasteiger charge is -2.28. The number of likely N-dealkylation sites (N-methyl/N-ethyl adjacent to an activating group) is 1. The second kappa shape index (κ2) is 49.4. The number of unbranched alkanes of at least 4 members (excludes halogenated alkanes) is 13. The van der Waals surface area contributed by atoms with Crippen molar-refractivity contribution < 1.29 is 42.1 Å². The lowest BCUT2D eigenvalue weighted by atomic mass is 10.1. The lowest BCUT2D eigenvalue weighted by molar-refractivity contribution is -0.870. The zero-order valence-corrected chi connectivity index (χ0v) is 45.1. The third-order valence-corrected chi connectivity index (χ3v) is 11.7. The Bertz CT molecular complexity index is 1580. The van der Waals surface area contributed by atoms with E-state index in [0.29, 0.717) is 23.9 Å². The highest BCUT2D eigenvalue weighted by atomic mass is 31.2. The molecule has 0 aliphatic rings. The molecule has 9 nitrogen and oxygen atoms in total. The highest BCUT2D eigenvalue weighted by Gasteiger charge is 2.21. The van der Waals surface area contributed by atoms with Crippen LogP contribution in [0, 0.1) is 0 Å². The maximum absolute atomic E-state index is 12.7. The summed E-state index contributed by atoms with van der Waals surface area (Å²) in [6.07, 6.45) is 69.5. The molecular formula is C59H98NO8P. The summed E-state index contributed by atoms with van der Waals surface area (Å²) in [6, 6.07) is 0. The normalized spacial score (nSPS) is 14.3. The first-order valence-corrected chi connectivity index (χ1v) is 28.2. The largest absolute Gasteiger partial charge is 0.756 e. The number of hydrogen-bond acceptors (Lipinski definition) is 8. The van der Waals surface area contributed by atoms with Gasteiger partial charge in [-0.3, -0.25) is 14.2 Å². The van der Waals surface area contributed by atoms with E-state index in [9.17, 15) is 19.0 Å². The highest BCUT2D eigenvalue weighted by molar-refractivity contribution is 7.45. The van der Waals surface area contributed by atoms with Crippen molar-refractivity contribution in [1.29, 1.82) is 0 Å². The van der Waals surface area contributed by atoms with E-state index < -0.39 is 32.5 Å². The number of hydrogen-bond donors (Lipinski definition) is 0. The van der Waals surface area contributed by atoms with E-state index in [1.54, 1.807) is 0 Å². The van der Waals surface area contributed by atoms with E-state index in [4.69, 9.17) is 18.5 Å². The van der Waals surface area contributed by atoms with Gasteiger partial charge in [0.15, 0.2) is 6.10 Å². The molecule has 0 amide bonds. The minimum Gasteiger partial charge on any atom is -0.756 e. The van der Waals surface area contributed by atoms with Gasteiger partial charge in [0.05, 0.1) is 27.7 Å². The number of carbonyl (C=O) groups is 2. The molecule has 0 aliphatic heterocycles. The van der Waals surface area contributed by atoms with Gasteiger partial charge in [0.2, 0.25) is 0 Å². The Balaban J connectivity index is 4.32. The van der Waals surface area contributed by atoms with Crippen molar-refractivity contribution in [3.63, 3.8) is 0 Å². The van der Waals surface area contributed by atoms with E-state index in [-0.39, 0.29) is 26.1 Å². The molecule has 0 saturated heterocycles. The van der Waals surface area contributed by atoms with E-state index in [0.717, 1.165) is 109 Å². The topological polar surface area (TPSA) is 111 Å². The van der Waals surface area contributed by atoms with Crippen LogP contribution in [0.25, 0.3) is 0 Å². The Labute approximate surface area is 422 Å². The quantitative estimate of drug-likeness (QED) is 0.0195. The average molecular weight is 980 g/mol. The molecule has 0 aromatic heterocycles. The molecular weight excluding hydrogens is 882 g/mol. The summed E-state index contributed by atoms with van der Waals surface area (Å²) in [7, 11) is 1.12.